The van der Waals surface area contributed by atoms with Crippen molar-refractivity contribution in [3.8, 4) is 0 Å². The number of nitrogens with zero attached hydrogens (tertiary/aromatic N) is 2. The van der Waals surface area contributed by atoms with Gasteiger partial charge in [0.25, 0.3) is 5.69 Å². The van der Waals surface area contributed by atoms with Crippen LogP contribution in [0.2, 0.25) is 0 Å². The van der Waals surface area contributed by atoms with Crippen LogP contribution in [-0.2, 0) is 6.54 Å². The summed E-state index contributed by atoms with van der Waals surface area (Å²) in [5.41, 5.74) is 0.573. The molecule has 0 aliphatic rings. The molecule has 0 amide bonds. The van der Waals surface area contributed by atoms with E-state index in [4.69, 9.17) is 5.11 Å². The van der Waals surface area contributed by atoms with Crippen LogP contribution in [0.5, 0.6) is 0 Å². The number of nitro benzene ring substituents is 1. The van der Waals surface area contributed by atoms with Crippen molar-refractivity contribution in [1.82, 2.24) is 4.98 Å². The minimum absolute atomic E-state index is 0.338. The van der Waals surface area contributed by atoms with Crippen LogP contribution in [0.4, 0.5) is 11.4 Å². The van der Waals surface area contributed by atoms with Crippen LogP contribution in [0.3, 0.4) is 0 Å². The van der Waals surface area contributed by atoms with Crippen molar-refractivity contribution in [2.75, 3.05) is 5.32 Å². The first-order chi connectivity index (χ1) is 9.47. The fourth-order valence-electron chi connectivity index (χ4n) is 1.66. The molecule has 0 fully saturated rings. The number of benzene rings is 1. The molecule has 104 valence electrons. The van der Waals surface area contributed by atoms with Gasteiger partial charge in [-0.3, -0.25) is 10.1 Å². The van der Waals surface area contributed by atoms with E-state index < -0.39 is 16.6 Å². The van der Waals surface area contributed by atoms with E-state index in [1.807, 2.05) is 12.3 Å². The molecule has 0 unspecified atom stereocenters. The van der Waals surface area contributed by atoms with E-state index in [1.54, 1.807) is 0 Å². The largest absolute Gasteiger partial charge is 0.477 e. The van der Waals surface area contributed by atoms with Gasteiger partial charge in [-0.1, -0.05) is 0 Å². The average molecular weight is 293 g/mol. The predicted octanol–water partition coefficient (Wildman–Crippen LogP) is 2.67. The number of aromatic nitrogens is 1. The van der Waals surface area contributed by atoms with E-state index in [1.165, 1.54) is 29.5 Å². The number of nitrogens with one attached hydrogen (secondary N) is 1. The Balaban J connectivity index is 2.18. The van der Waals surface area contributed by atoms with E-state index in [2.05, 4.69) is 10.3 Å². The number of aryl methyl sites for hydroxylation is 1. The first-order valence-corrected chi connectivity index (χ1v) is 6.52. The first-order valence-electron chi connectivity index (χ1n) is 5.64. The Labute approximate surface area is 118 Å². The summed E-state index contributed by atoms with van der Waals surface area (Å²) in [5.74, 6) is -1.33. The van der Waals surface area contributed by atoms with Gasteiger partial charge >= 0.3 is 5.97 Å². The molecule has 0 bridgehead atoms. The fourth-order valence-corrected chi connectivity index (χ4v) is 2.27. The molecule has 1 heterocycles. The SMILES string of the molecule is Cc1nc(CNc2ccc([N+](=O)[O-])c(C(=O)O)c2)cs1. The lowest BCUT2D eigenvalue weighted by atomic mass is 10.1. The zero-order valence-electron chi connectivity index (χ0n) is 10.5. The number of carbonyl (C=O) groups is 1. The third kappa shape index (κ3) is 3.09. The van der Waals surface area contributed by atoms with Crippen molar-refractivity contribution in [2.45, 2.75) is 13.5 Å². The molecule has 0 spiro atoms. The molecule has 7 nitrogen and oxygen atoms in total. The molecule has 2 aromatic rings. The first kappa shape index (κ1) is 13.9. The molecule has 20 heavy (non-hydrogen) atoms. The van der Waals surface area contributed by atoms with Crippen LogP contribution >= 0.6 is 11.3 Å². The van der Waals surface area contributed by atoms with Crippen molar-refractivity contribution < 1.29 is 14.8 Å². The zero-order valence-corrected chi connectivity index (χ0v) is 11.3. The topological polar surface area (TPSA) is 105 Å². The summed E-state index contributed by atoms with van der Waals surface area (Å²) < 4.78 is 0. The number of thiazole rings is 1. The van der Waals surface area contributed by atoms with Crippen molar-refractivity contribution in [3.05, 3.63) is 50.0 Å². The number of aromatic carboxylic acids is 1. The van der Waals surface area contributed by atoms with Gasteiger partial charge in [-0.25, -0.2) is 9.78 Å². The second kappa shape index (κ2) is 5.66. The van der Waals surface area contributed by atoms with Gasteiger partial charge in [0, 0.05) is 17.1 Å². The van der Waals surface area contributed by atoms with Crippen molar-refractivity contribution in [3.63, 3.8) is 0 Å². The van der Waals surface area contributed by atoms with Crippen molar-refractivity contribution >= 4 is 28.7 Å². The Bertz CT molecular complexity index is 668. The molecule has 0 atom stereocenters. The summed E-state index contributed by atoms with van der Waals surface area (Å²) in [6.07, 6.45) is 0. The zero-order chi connectivity index (χ0) is 14.7. The van der Waals surface area contributed by atoms with Gasteiger partial charge in [0.1, 0.15) is 5.56 Å². The maximum atomic E-state index is 11.0. The van der Waals surface area contributed by atoms with Gasteiger partial charge in [-0.2, -0.15) is 0 Å². The molecule has 8 heteroatoms. The van der Waals surface area contributed by atoms with Gasteiger partial charge in [0.05, 0.1) is 22.2 Å². The molecular weight excluding hydrogens is 282 g/mol. The normalized spacial score (nSPS) is 10.2. The third-order valence-corrected chi connectivity index (χ3v) is 3.39. The molecule has 2 rings (SSSR count). The number of hydrogen-bond acceptors (Lipinski definition) is 6. The highest BCUT2D eigenvalue weighted by atomic mass is 32.1. The summed E-state index contributed by atoms with van der Waals surface area (Å²) in [6, 6.07) is 3.90. The average Bonchev–Trinajstić information content (AvgIpc) is 2.81. The third-order valence-electron chi connectivity index (χ3n) is 2.56. The second-order valence-electron chi connectivity index (χ2n) is 4.01. The van der Waals surface area contributed by atoms with Crippen LogP contribution in [-0.4, -0.2) is 21.0 Å². The Morgan fingerprint density at radius 3 is 2.85 bits per heavy atom. The summed E-state index contributed by atoms with van der Waals surface area (Å²) >= 11 is 1.52. The number of nitro groups is 1. The Morgan fingerprint density at radius 2 is 2.30 bits per heavy atom. The second-order valence-corrected chi connectivity index (χ2v) is 5.07. The van der Waals surface area contributed by atoms with E-state index in [0.717, 1.165) is 10.7 Å². The van der Waals surface area contributed by atoms with Gasteiger partial charge in [0.2, 0.25) is 0 Å². The standard InChI is InChI=1S/C12H11N3O4S/c1-7-14-9(6-20-7)5-13-8-2-3-11(15(18)19)10(4-8)12(16)17/h2-4,6,13H,5H2,1H3,(H,16,17). The van der Waals surface area contributed by atoms with Gasteiger partial charge in [0.15, 0.2) is 0 Å². The molecule has 1 aromatic carbocycles. The molecule has 0 radical (unpaired) electrons. The molecule has 0 aliphatic carbocycles. The summed E-state index contributed by atoms with van der Waals surface area (Å²) in [5, 5.41) is 25.5. The maximum absolute atomic E-state index is 11.0. The van der Waals surface area contributed by atoms with E-state index in [-0.39, 0.29) is 5.56 Å². The lowest BCUT2D eigenvalue weighted by Gasteiger charge is -2.06. The number of carboxylic acid groups (broad SMARTS) is 1. The van der Waals surface area contributed by atoms with Gasteiger partial charge in [-0.15, -0.1) is 11.3 Å². The fraction of sp³-hybridized carbons (Fsp3) is 0.167. The molecule has 0 saturated heterocycles. The maximum Gasteiger partial charge on any atom is 0.342 e. The van der Waals surface area contributed by atoms with E-state index >= 15 is 0 Å². The molecule has 0 aliphatic heterocycles. The molecule has 0 saturated carbocycles. The minimum Gasteiger partial charge on any atom is -0.477 e. The monoisotopic (exact) mass is 293 g/mol. The molecular formula is C12H11N3O4S. The van der Waals surface area contributed by atoms with E-state index in [0.29, 0.717) is 12.2 Å². The van der Waals surface area contributed by atoms with Crippen molar-refractivity contribution in [1.29, 1.82) is 0 Å². The Morgan fingerprint density at radius 1 is 1.55 bits per heavy atom. The number of anilines is 1. The van der Waals surface area contributed by atoms with Gasteiger partial charge < -0.3 is 10.4 Å². The summed E-state index contributed by atoms with van der Waals surface area (Å²) in [7, 11) is 0. The van der Waals surface area contributed by atoms with Crippen LogP contribution in [0.1, 0.15) is 21.1 Å². The summed E-state index contributed by atoms with van der Waals surface area (Å²) in [4.78, 5) is 25.3. The van der Waals surface area contributed by atoms with E-state index in [9.17, 15) is 14.9 Å². The highest BCUT2D eigenvalue weighted by Gasteiger charge is 2.19. The van der Waals surface area contributed by atoms with Crippen LogP contribution in [0.25, 0.3) is 0 Å². The quantitative estimate of drug-likeness (QED) is 0.648. The number of hydrogen-bond donors (Lipinski definition) is 2. The van der Waals surface area contributed by atoms with Crippen LogP contribution in [0, 0.1) is 17.0 Å². The van der Waals surface area contributed by atoms with Crippen molar-refractivity contribution in [2.24, 2.45) is 0 Å². The number of rotatable bonds is 5. The minimum atomic E-state index is -1.33. The highest BCUT2D eigenvalue weighted by Crippen LogP contribution is 2.23. The lowest BCUT2D eigenvalue weighted by molar-refractivity contribution is -0.385. The summed E-state index contributed by atoms with van der Waals surface area (Å²) in [6.45, 7) is 2.32. The highest BCUT2D eigenvalue weighted by molar-refractivity contribution is 7.09. The van der Waals surface area contributed by atoms with Gasteiger partial charge in [-0.05, 0) is 19.1 Å². The molecule has 1 aromatic heterocycles. The Kier molecular flexibility index (Phi) is 3.94. The lowest BCUT2D eigenvalue weighted by Crippen LogP contribution is -2.05. The molecule has 2 N–H and O–H groups in total. The smallest absolute Gasteiger partial charge is 0.342 e. The van der Waals surface area contributed by atoms with Crippen LogP contribution in [0.15, 0.2) is 23.6 Å². The Hall–Kier alpha value is -2.48. The predicted molar refractivity (Wildman–Crippen MR) is 74.2 cm³/mol. The van der Waals surface area contributed by atoms with Crippen LogP contribution < -0.4 is 5.32 Å². The number of carboxylic acids is 1.